The molecule has 2 heterocycles. The van der Waals surface area contributed by atoms with Gasteiger partial charge in [-0.2, -0.15) is 11.8 Å². The minimum Gasteiger partial charge on any atom is -0.351 e. The van der Waals surface area contributed by atoms with Gasteiger partial charge >= 0.3 is 0 Å². The highest BCUT2D eigenvalue weighted by molar-refractivity contribution is 7.99. The van der Waals surface area contributed by atoms with Gasteiger partial charge in [-0.15, -0.1) is 0 Å². The first-order valence-corrected chi connectivity index (χ1v) is 7.24. The molecule has 0 aromatic carbocycles. The van der Waals surface area contributed by atoms with Crippen LogP contribution in [0.4, 0.5) is 0 Å². The number of imidazole rings is 1. The fraction of sp³-hybridized carbons (Fsp3) is 0.667. The van der Waals surface area contributed by atoms with Gasteiger partial charge in [0.25, 0.3) is 0 Å². The SMILES string of the molecule is CS[C@H](C)C(=O)N[C@@H]1CCc2nc(C)cn2C1. The van der Waals surface area contributed by atoms with Crippen molar-refractivity contribution in [1.82, 2.24) is 14.9 Å². The van der Waals surface area contributed by atoms with E-state index >= 15 is 0 Å². The molecule has 4 nitrogen and oxygen atoms in total. The maximum atomic E-state index is 11.8. The molecule has 0 radical (unpaired) electrons. The molecule has 1 aliphatic rings. The molecule has 2 rings (SSSR count). The van der Waals surface area contributed by atoms with Crippen molar-refractivity contribution in [2.24, 2.45) is 0 Å². The van der Waals surface area contributed by atoms with Crippen molar-refractivity contribution in [3.63, 3.8) is 0 Å². The molecule has 1 aliphatic heterocycles. The Morgan fingerprint density at radius 3 is 3.18 bits per heavy atom. The summed E-state index contributed by atoms with van der Waals surface area (Å²) in [5, 5.41) is 3.14. The lowest BCUT2D eigenvalue weighted by atomic mass is 10.1. The lowest BCUT2D eigenvalue weighted by molar-refractivity contribution is -0.121. The van der Waals surface area contributed by atoms with Crippen LogP contribution < -0.4 is 5.32 Å². The van der Waals surface area contributed by atoms with Crippen LogP contribution in [0.1, 0.15) is 24.9 Å². The number of aromatic nitrogens is 2. The number of amides is 1. The van der Waals surface area contributed by atoms with Gasteiger partial charge in [-0.25, -0.2) is 4.98 Å². The molecular weight excluding hydrogens is 234 g/mol. The maximum absolute atomic E-state index is 11.8. The number of nitrogens with one attached hydrogen (secondary N) is 1. The van der Waals surface area contributed by atoms with Gasteiger partial charge < -0.3 is 9.88 Å². The summed E-state index contributed by atoms with van der Waals surface area (Å²) in [6.45, 7) is 4.80. The van der Waals surface area contributed by atoms with Crippen LogP contribution in [0.25, 0.3) is 0 Å². The predicted octanol–water partition coefficient (Wildman–Crippen LogP) is 1.37. The van der Waals surface area contributed by atoms with Crippen LogP contribution in [-0.2, 0) is 17.8 Å². The molecule has 0 aliphatic carbocycles. The molecule has 0 bridgehead atoms. The number of aryl methyl sites for hydroxylation is 2. The summed E-state index contributed by atoms with van der Waals surface area (Å²) >= 11 is 1.58. The van der Waals surface area contributed by atoms with Gasteiger partial charge in [0.2, 0.25) is 5.91 Å². The van der Waals surface area contributed by atoms with Crippen molar-refractivity contribution in [2.75, 3.05) is 6.26 Å². The summed E-state index contributed by atoms with van der Waals surface area (Å²) in [7, 11) is 0. The third-order valence-electron chi connectivity index (χ3n) is 3.18. The number of carbonyl (C=O) groups excluding carboxylic acids is 1. The Morgan fingerprint density at radius 2 is 2.47 bits per heavy atom. The predicted molar refractivity (Wildman–Crippen MR) is 70.2 cm³/mol. The number of hydrogen-bond acceptors (Lipinski definition) is 3. The minimum absolute atomic E-state index is 0.0286. The molecule has 0 unspecified atom stereocenters. The monoisotopic (exact) mass is 253 g/mol. The number of carbonyl (C=O) groups is 1. The molecule has 0 spiro atoms. The zero-order valence-corrected chi connectivity index (χ0v) is 11.4. The molecule has 0 saturated heterocycles. The number of nitrogens with zero attached hydrogens (tertiary/aromatic N) is 2. The van der Waals surface area contributed by atoms with Crippen LogP contribution in [-0.4, -0.2) is 33.0 Å². The fourth-order valence-electron chi connectivity index (χ4n) is 2.13. The van der Waals surface area contributed by atoms with E-state index in [1.54, 1.807) is 11.8 Å². The Bertz CT molecular complexity index is 416. The van der Waals surface area contributed by atoms with Crippen molar-refractivity contribution in [1.29, 1.82) is 0 Å². The summed E-state index contributed by atoms with van der Waals surface area (Å²) in [4.78, 5) is 16.3. The second-order valence-corrected chi connectivity index (χ2v) is 5.75. The average Bonchev–Trinajstić information content (AvgIpc) is 2.67. The van der Waals surface area contributed by atoms with E-state index in [0.29, 0.717) is 0 Å². The first-order chi connectivity index (χ1) is 8.10. The van der Waals surface area contributed by atoms with Crippen molar-refractivity contribution >= 4 is 17.7 Å². The van der Waals surface area contributed by atoms with E-state index in [1.807, 2.05) is 20.1 Å². The number of fused-ring (bicyclic) bond motifs is 1. The van der Waals surface area contributed by atoms with E-state index in [0.717, 1.165) is 30.9 Å². The molecule has 5 heteroatoms. The second kappa shape index (κ2) is 5.12. The quantitative estimate of drug-likeness (QED) is 0.885. The van der Waals surface area contributed by atoms with E-state index in [9.17, 15) is 4.79 Å². The zero-order valence-electron chi connectivity index (χ0n) is 10.6. The Balaban J connectivity index is 1.96. The smallest absolute Gasteiger partial charge is 0.233 e. The van der Waals surface area contributed by atoms with Crippen molar-refractivity contribution < 1.29 is 4.79 Å². The molecule has 94 valence electrons. The Labute approximate surface area is 106 Å². The number of thioether (sulfide) groups is 1. The van der Waals surface area contributed by atoms with Gasteiger partial charge in [-0.05, 0) is 26.5 Å². The summed E-state index contributed by atoms with van der Waals surface area (Å²) < 4.78 is 2.16. The van der Waals surface area contributed by atoms with E-state index in [2.05, 4.69) is 21.1 Å². The van der Waals surface area contributed by atoms with Crippen LogP contribution in [0.15, 0.2) is 6.20 Å². The van der Waals surface area contributed by atoms with Crippen LogP contribution in [0.3, 0.4) is 0 Å². The average molecular weight is 253 g/mol. The zero-order chi connectivity index (χ0) is 12.4. The molecule has 0 fully saturated rings. The van der Waals surface area contributed by atoms with Crippen molar-refractivity contribution in [2.45, 2.75) is 44.5 Å². The van der Waals surface area contributed by atoms with E-state index in [-0.39, 0.29) is 17.2 Å². The standard InChI is InChI=1S/C12H19N3OS/c1-8-6-15-7-10(4-5-11(15)13-8)14-12(16)9(2)17-3/h6,9-10H,4-5,7H2,1-3H3,(H,14,16)/t9-,10-/m1/s1. The highest BCUT2D eigenvalue weighted by atomic mass is 32.2. The third-order valence-corrected chi connectivity index (χ3v) is 4.10. The highest BCUT2D eigenvalue weighted by Crippen LogP contribution is 2.15. The summed E-state index contributed by atoms with van der Waals surface area (Å²) in [5.74, 6) is 1.29. The number of hydrogen-bond donors (Lipinski definition) is 1. The molecule has 2 atom stereocenters. The van der Waals surface area contributed by atoms with E-state index in [1.165, 1.54) is 0 Å². The van der Waals surface area contributed by atoms with Crippen molar-refractivity contribution in [3.05, 3.63) is 17.7 Å². The summed E-state index contributed by atoms with van der Waals surface area (Å²) in [6, 6.07) is 0.248. The Morgan fingerprint density at radius 1 is 1.71 bits per heavy atom. The summed E-state index contributed by atoms with van der Waals surface area (Å²) in [6.07, 6.45) is 5.96. The third kappa shape index (κ3) is 2.83. The van der Waals surface area contributed by atoms with E-state index in [4.69, 9.17) is 0 Å². The molecule has 1 N–H and O–H groups in total. The molecular formula is C12H19N3OS. The van der Waals surface area contributed by atoms with Crippen molar-refractivity contribution in [3.8, 4) is 0 Å². The van der Waals surface area contributed by atoms with Crippen LogP contribution in [0, 0.1) is 6.92 Å². The van der Waals surface area contributed by atoms with Gasteiger partial charge in [-0.1, -0.05) is 0 Å². The number of rotatable bonds is 3. The van der Waals surface area contributed by atoms with Gasteiger partial charge in [0.15, 0.2) is 0 Å². The lowest BCUT2D eigenvalue weighted by Gasteiger charge is -2.25. The lowest BCUT2D eigenvalue weighted by Crippen LogP contribution is -2.43. The maximum Gasteiger partial charge on any atom is 0.233 e. The van der Waals surface area contributed by atoms with Crippen LogP contribution in [0.2, 0.25) is 0 Å². The molecule has 1 amide bonds. The van der Waals surface area contributed by atoms with Crippen LogP contribution >= 0.6 is 11.8 Å². The second-order valence-electron chi connectivity index (χ2n) is 4.57. The molecule has 0 saturated carbocycles. The van der Waals surface area contributed by atoms with Gasteiger partial charge in [-0.3, -0.25) is 4.79 Å². The minimum atomic E-state index is 0.0286. The highest BCUT2D eigenvalue weighted by Gasteiger charge is 2.22. The Hall–Kier alpha value is -0.970. The molecule has 1 aromatic rings. The topological polar surface area (TPSA) is 46.9 Å². The first-order valence-electron chi connectivity index (χ1n) is 5.96. The van der Waals surface area contributed by atoms with Gasteiger partial charge in [0.05, 0.1) is 10.9 Å². The first kappa shape index (κ1) is 12.5. The largest absolute Gasteiger partial charge is 0.351 e. The normalized spacial score (nSPS) is 20.8. The van der Waals surface area contributed by atoms with Crippen LogP contribution in [0.5, 0.6) is 0 Å². The molecule has 17 heavy (non-hydrogen) atoms. The van der Waals surface area contributed by atoms with Gasteiger partial charge in [0.1, 0.15) is 5.82 Å². The molecule has 1 aromatic heterocycles. The van der Waals surface area contributed by atoms with Gasteiger partial charge in [0, 0.05) is 25.2 Å². The van der Waals surface area contributed by atoms with E-state index < -0.39 is 0 Å². The Kier molecular flexibility index (Phi) is 3.76. The fourth-order valence-corrected chi connectivity index (χ4v) is 2.41. The summed E-state index contributed by atoms with van der Waals surface area (Å²) in [5.41, 5.74) is 1.06.